The quantitative estimate of drug-likeness (QED) is 0.719. The van der Waals surface area contributed by atoms with Crippen LogP contribution in [0.25, 0.3) is 0 Å². The molecule has 4 heteroatoms. The first-order valence-electron chi connectivity index (χ1n) is 8.25. The maximum Gasteiger partial charge on any atom is 0.323 e. The van der Waals surface area contributed by atoms with Crippen molar-refractivity contribution < 1.29 is 9.90 Å². The van der Waals surface area contributed by atoms with Crippen LogP contribution in [-0.2, 0) is 4.79 Å². The molecule has 1 saturated heterocycles. The van der Waals surface area contributed by atoms with E-state index in [-0.39, 0.29) is 0 Å². The van der Waals surface area contributed by atoms with Crippen molar-refractivity contribution in [3.05, 3.63) is 0 Å². The van der Waals surface area contributed by atoms with Crippen LogP contribution >= 0.6 is 0 Å². The van der Waals surface area contributed by atoms with Crippen molar-refractivity contribution in [2.45, 2.75) is 64.8 Å². The highest BCUT2D eigenvalue weighted by Gasteiger charge is 2.35. The molecule has 1 aliphatic rings. The van der Waals surface area contributed by atoms with Crippen molar-refractivity contribution in [1.82, 2.24) is 10.2 Å². The first kappa shape index (κ1) is 17.4. The monoisotopic (exact) mass is 284 g/mol. The molecule has 2 N–H and O–H groups in total. The Morgan fingerprint density at radius 1 is 1.35 bits per heavy atom. The molecule has 1 rings (SSSR count). The maximum atomic E-state index is 11.5. The Bertz CT molecular complexity index is 296. The lowest BCUT2D eigenvalue weighted by atomic mass is 9.90. The van der Waals surface area contributed by atoms with Gasteiger partial charge in [-0.15, -0.1) is 0 Å². The van der Waals surface area contributed by atoms with E-state index in [1.54, 1.807) is 0 Å². The molecule has 0 aromatic carbocycles. The van der Waals surface area contributed by atoms with Gasteiger partial charge in [0.05, 0.1) is 0 Å². The smallest absolute Gasteiger partial charge is 0.323 e. The molecule has 0 amide bonds. The maximum absolute atomic E-state index is 11.5. The lowest BCUT2D eigenvalue weighted by Crippen LogP contribution is -2.52. The number of likely N-dealkylation sites (tertiary alicyclic amines) is 1. The van der Waals surface area contributed by atoms with Gasteiger partial charge in [-0.2, -0.15) is 0 Å². The van der Waals surface area contributed by atoms with E-state index in [4.69, 9.17) is 0 Å². The predicted molar refractivity (Wildman–Crippen MR) is 83.0 cm³/mol. The summed E-state index contributed by atoms with van der Waals surface area (Å²) in [4.78, 5) is 14.1. The largest absolute Gasteiger partial charge is 0.480 e. The van der Waals surface area contributed by atoms with Gasteiger partial charge in [0.1, 0.15) is 5.54 Å². The zero-order chi connectivity index (χ0) is 15.0. The fourth-order valence-corrected chi connectivity index (χ4v) is 3.21. The van der Waals surface area contributed by atoms with Crippen LogP contribution in [0.3, 0.4) is 0 Å². The molecular weight excluding hydrogens is 252 g/mol. The number of nitrogens with zero attached hydrogens (tertiary/aromatic N) is 1. The fourth-order valence-electron chi connectivity index (χ4n) is 3.21. The number of likely N-dealkylation sites (N-methyl/N-ethyl adjacent to an activating group) is 1. The van der Waals surface area contributed by atoms with Crippen molar-refractivity contribution in [2.75, 3.05) is 26.2 Å². The van der Waals surface area contributed by atoms with Gasteiger partial charge in [-0.3, -0.25) is 4.79 Å². The molecule has 0 aromatic heterocycles. The normalized spacial score (nSPS) is 24.1. The van der Waals surface area contributed by atoms with Crippen LogP contribution in [0.5, 0.6) is 0 Å². The molecule has 1 fully saturated rings. The van der Waals surface area contributed by atoms with Gasteiger partial charge in [0.2, 0.25) is 0 Å². The van der Waals surface area contributed by atoms with E-state index in [1.807, 2.05) is 13.8 Å². The number of hydrogen-bond donors (Lipinski definition) is 2. The first-order valence-corrected chi connectivity index (χ1v) is 8.25. The lowest BCUT2D eigenvalue weighted by Gasteiger charge is -2.30. The molecule has 118 valence electrons. The number of carboxylic acid groups (broad SMARTS) is 1. The third-order valence-corrected chi connectivity index (χ3v) is 4.72. The topological polar surface area (TPSA) is 52.6 Å². The SMILES string of the molecule is CCNC(CC)(CCCN1CCCC(C)CC1)C(=O)O. The highest BCUT2D eigenvalue weighted by Crippen LogP contribution is 2.20. The highest BCUT2D eigenvalue weighted by molar-refractivity contribution is 5.78. The van der Waals surface area contributed by atoms with Gasteiger partial charge in [-0.1, -0.05) is 20.8 Å². The first-order chi connectivity index (χ1) is 9.54. The Morgan fingerprint density at radius 3 is 2.70 bits per heavy atom. The van der Waals surface area contributed by atoms with Crippen molar-refractivity contribution in [2.24, 2.45) is 5.92 Å². The van der Waals surface area contributed by atoms with Crippen LogP contribution in [0.2, 0.25) is 0 Å². The van der Waals surface area contributed by atoms with Crippen molar-refractivity contribution >= 4 is 5.97 Å². The van der Waals surface area contributed by atoms with Crippen molar-refractivity contribution in [3.63, 3.8) is 0 Å². The summed E-state index contributed by atoms with van der Waals surface area (Å²) in [7, 11) is 0. The van der Waals surface area contributed by atoms with E-state index < -0.39 is 11.5 Å². The molecule has 0 aromatic rings. The molecule has 0 aliphatic carbocycles. The van der Waals surface area contributed by atoms with E-state index in [2.05, 4.69) is 17.1 Å². The number of nitrogens with one attached hydrogen (secondary N) is 1. The minimum Gasteiger partial charge on any atom is -0.480 e. The second-order valence-corrected chi connectivity index (χ2v) is 6.25. The van der Waals surface area contributed by atoms with Gasteiger partial charge < -0.3 is 15.3 Å². The Kier molecular flexibility index (Phi) is 7.52. The summed E-state index contributed by atoms with van der Waals surface area (Å²) in [5.41, 5.74) is -0.728. The lowest BCUT2D eigenvalue weighted by molar-refractivity contribution is -0.145. The van der Waals surface area contributed by atoms with Gasteiger partial charge in [0, 0.05) is 0 Å². The fraction of sp³-hybridized carbons (Fsp3) is 0.938. The molecule has 0 spiro atoms. The second kappa shape index (κ2) is 8.63. The molecule has 20 heavy (non-hydrogen) atoms. The van der Waals surface area contributed by atoms with E-state index in [0.717, 1.165) is 25.3 Å². The minimum atomic E-state index is -0.728. The van der Waals surface area contributed by atoms with Gasteiger partial charge >= 0.3 is 5.97 Å². The molecule has 1 aliphatic heterocycles. The van der Waals surface area contributed by atoms with Gasteiger partial charge in [-0.05, 0) is 70.6 Å². The van der Waals surface area contributed by atoms with Gasteiger partial charge in [0.15, 0.2) is 0 Å². The minimum absolute atomic E-state index is 0.646. The van der Waals surface area contributed by atoms with Crippen LogP contribution in [-0.4, -0.2) is 47.7 Å². The number of rotatable bonds is 8. The van der Waals surface area contributed by atoms with Gasteiger partial charge in [0.25, 0.3) is 0 Å². The molecule has 1 heterocycles. The third kappa shape index (κ3) is 5.06. The van der Waals surface area contributed by atoms with E-state index in [1.165, 1.54) is 32.4 Å². The molecular formula is C16H32N2O2. The summed E-state index contributed by atoms with van der Waals surface area (Å²) in [5.74, 6) is 0.141. The van der Waals surface area contributed by atoms with Crippen LogP contribution in [0.1, 0.15) is 59.3 Å². The molecule has 2 unspecified atom stereocenters. The van der Waals surface area contributed by atoms with Gasteiger partial charge in [-0.25, -0.2) is 0 Å². The van der Waals surface area contributed by atoms with E-state index in [0.29, 0.717) is 13.0 Å². The summed E-state index contributed by atoms with van der Waals surface area (Å²) in [6.45, 7) is 10.4. The van der Waals surface area contributed by atoms with E-state index >= 15 is 0 Å². The highest BCUT2D eigenvalue weighted by atomic mass is 16.4. The number of carboxylic acids is 1. The van der Waals surface area contributed by atoms with E-state index in [9.17, 15) is 9.90 Å². The third-order valence-electron chi connectivity index (χ3n) is 4.72. The number of hydrogen-bond acceptors (Lipinski definition) is 3. The molecule has 2 atom stereocenters. The summed E-state index contributed by atoms with van der Waals surface area (Å²) in [6.07, 6.45) is 6.23. The Labute approximate surface area is 123 Å². The van der Waals surface area contributed by atoms with Crippen molar-refractivity contribution in [1.29, 1.82) is 0 Å². The average molecular weight is 284 g/mol. The summed E-state index contributed by atoms with van der Waals surface area (Å²) < 4.78 is 0. The number of carbonyl (C=O) groups is 1. The Balaban J connectivity index is 2.41. The number of aliphatic carboxylic acids is 1. The zero-order valence-corrected chi connectivity index (χ0v) is 13.5. The van der Waals surface area contributed by atoms with Crippen LogP contribution < -0.4 is 5.32 Å². The zero-order valence-electron chi connectivity index (χ0n) is 13.5. The molecule has 4 nitrogen and oxygen atoms in total. The standard InChI is InChI=1S/C16H32N2O2/c1-4-16(15(19)20,17-5-2)10-7-12-18-11-6-8-14(3)9-13-18/h14,17H,4-13H2,1-3H3,(H,19,20). The Hall–Kier alpha value is -0.610. The van der Waals surface area contributed by atoms with Crippen molar-refractivity contribution in [3.8, 4) is 0 Å². The summed E-state index contributed by atoms with van der Waals surface area (Å²) in [5, 5.41) is 12.7. The Morgan fingerprint density at radius 2 is 2.10 bits per heavy atom. The summed E-state index contributed by atoms with van der Waals surface area (Å²) >= 11 is 0. The van der Waals surface area contributed by atoms with Crippen LogP contribution in [0.15, 0.2) is 0 Å². The van der Waals surface area contributed by atoms with Crippen LogP contribution in [0.4, 0.5) is 0 Å². The summed E-state index contributed by atoms with van der Waals surface area (Å²) in [6, 6.07) is 0. The van der Waals surface area contributed by atoms with Crippen LogP contribution in [0, 0.1) is 5.92 Å². The predicted octanol–water partition coefficient (Wildman–Crippen LogP) is 2.73. The molecule has 0 radical (unpaired) electrons. The second-order valence-electron chi connectivity index (χ2n) is 6.25. The average Bonchev–Trinajstić information content (AvgIpc) is 2.62. The molecule has 0 bridgehead atoms. The molecule has 0 saturated carbocycles.